The number of nitrogens with one attached hydrogen (secondary N) is 1. The molecule has 1 aliphatic rings. The molecule has 0 aromatic rings. The van der Waals surface area contributed by atoms with Crippen LogP contribution in [-0.4, -0.2) is 54.6 Å². The fraction of sp³-hybridized carbons (Fsp3) is 0.833. The average Bonchev–Trinajstić information content (AvgIpc) is 2.36. The van der Waals surface area contributed by atoms with Gasteiger partial charge in [-0.1, -0.05) is 6.92 Å². The van der Waals surface area contributed by atoms with Crippen LogP contribution in [0.5, 0.6) is 0 Å². The van der Waals surface area contributed by atoms with E-state index >= 15 is 0 Å². The molecule has 2 amide bonds. The number of ether oxygens (including phenoxy) is 1. The molecule has 0 saturated carbocycles. The van der Waals surface area contributed by atoms with Crippen LogP contribution in [-0.2, 0) is 14.3 Å². The van der Waals surface area contributed by atoms with Gasteiger partial charge in [-0.3, -0.25) is 9.59 Å². The van der Waals surface area contributed by atoms with Gasteiger partial charge in [-0.2, -0.15) is 0 Å². The zero-order chi connectivity index (χ0) is 13.7. The first-order chi connectivity index (χ1) is 8.47. The summed E-state index contributed by atoms with van der Waals surface area (Å²) in [5.41, 5.74) is 5.75. The van der Waals surface area contributed by atoms with Gasteiger partial charge in [-0.25, -0.2) is 0 Å². The first kappa shape index (κ1) is 14.9. The second kappa shape index (κ2) is 6.70. The maximum Gasteiger partial charge on any atom is 0.245 e. The molecule has 0 spiro atoms. The third-order valence-corrected chi connectivity index (χ3v) is 2.90. The van der Waals surface area contributed by atoms with Gasteiger partial charge in [0.25, 0.3) is 0 Å². The van der Waals surface area contributed by atoms with Crippen LogP contribution in [0.1, 0.15) is 27.2 Å². The molecule has 0 bridgehead atoms. The van der Waals surface area contributed by atoms with Crippen LogP contribution in [0.15, 0.2) is 0 Å². The van der Waals surface area contributed by atoms with Crippen molar-refractivity contribution < 1.29 is 14.3 Å². The van der Waals surface area contributed by atoms with Crippen molar-refractivity contribution in [3.8, 4) is 0 Å². The number of hydrogen-bond donors (Lipinski definition) is 2. The lowest BCUT2D eigenvalue weighted by molar-refractivity contribution is -0.149. The van der Waals surface area contributed by atoms with Gasteiger partial charge in [0.05, 0.1) is 19.3 Å². The SMILES string of the molecule is CC[C@@H](N)C(=O)N1CCOCC1C(=O)NC(C)C. The van der Waals surface area contributed by atoms with E-state index in [1.165, 1.54) is 4.90 Å². The van der Waals surface area contributed by atoms with Crippen LogP contribution in [0, 0.1) is 0 Å². The summed E-state index contributed by atoms with van der Waals surface area (Å²) in [5.74, 6) is -0.356. The van der Waals surface area contributed by atoms with E-state index in [9.17, 15) is 9.59 Å². The number of carbonyl (C=O) groups is 2. The maximum absolute atomic E-state index is 12.1. The Hall–Kier alpha value is -1.14. The van der Waals surface area contributed by atoms with Crippen LogP contribution >= 0.6 is 0 Å². The number of rotatable bonds is 4. The van der Waals surface area contributed by atoms with Crippen molar-refractivity contribution in [2.45, 2.75) is 45.3 Å². The lowest BCUT2D eigenvalue weighted by Gasteiger charge is -2.36. The second-order valence-electron chi connectivity index (χ2n) is 4.80. The van der Waals surface area contributed by atoms with Crippen molar-refractivity contribution in [3.05, 3.63) is 0 Å². The number of morpholine rings is 1. The summed E-state index contributed by atoms with van der Waals surface area (Å²) in [7, 11) is 0. The molecule has 0 aromatic heterocycles. The minimum atomic E-state index is -0.564. The Morgan fingerprint density at radius 1 is 1.50 bits per heavy atom. The zero-order valence-electron chi connectivity index (χ0n) is 11.3. The van der Waals surface area contributed by atoms with Crippen molar-refractivity contribution in [3.63, 3.8) is 0 Å². The predicted octanol–water partition coefficient (Wildman–Crippen LogP) is -0.524. The number of carbonyl (C=O) groups excluding carboxylic acids is 2. The third-order valence-electron chi connectivity index (χ3n) is 2.90. The second-order valence-corrected chi connectivity index (χ2v) is 4.80. The first-order valence-corrected chi connectivity index (χ1v) is 6.41. The molecule has 1 fully saturated rings. The molecule has 18 heavy (non-hydrogen) atoms. The summed E-state index contributed by atoms with van der Waals surface area (Å²) in [6.45, 7) is 6.72. The molecule has 0 radical (unpaired) electrons. The Kier molecular flexibility index (Phi) is 5.55. The Morgan fingerprint density at radius 2 is 2.17 bits per heavy atom. The standard InChI is InChI=1S/C12H23N3O3/c1-4-9(13)12(17)15-5-6-18-7-10(15)11(16)14-8(2)3/h8-10H,4-7,13H2,1-3H3,(H,14,16)/t9-,10?/m1/s1. The quantitative estimate of drug-likeness (QED) is 0.709. The number of nitrogens with two attached hydrogens (primary N) is 1. The molecule has 1 aliphatic heterocycles. The lowest BCUT2D eigenvalue weighted by atomic mass is 10.1. The summed E-state index contributed by atoms with van der Waals surface area (Å²) in [6.07, 6.45) is 0.564. The van der Waals surface area contributed by atoms with Gasteiger partial charge in [-0.05, 0) is 20.3 Å². The normalized spacial score (nSPS) is 21.8. The largest absolute Gasteiger partial charge is 0.377 e. The molecule has 104 valence electrons. The number of amides is 2. The Balaban J connectivity index is 2.73. The fourth-order valence-corrected chi connectivity index (χ4v) is 1.85. The van der Waals surface area contributed by atoms with Gasteiger partial charge >= 0.3 is 0 Å². The monoisotopic (exact) mass is 257 g/mol. The van der Waals surface area contributed by atoms with E-state index in [4.69, 9.17) is 10.5 Å². The summed E-state index contributed by atoms with van der Waals surface area (Å²) >= 11 is 0. The maximum atomic E-state index is 12.1. The molecule has 0 aromatic carbocycles. The molecule has 3 N–H and O–H groups in total. The summed E-state index contributed by atoms with van der Waals surface area (Å²) < 4.78 is 5.28. The molecule has 0 aliphatic carbocycles. The van der Waals surface area contributed by atoms with Crippen LogP contribution in [0.25, 0.3) is 0 Å². The molecular weight excluding hydrogens is 234 g/mol. The van der Waals surface area contributed by atoms with Gasteiger partial charge in [-0.15, -0.1) is 0 Å². The summed E-state index contributed by atoms with van der Waals surface area (Å²) in [6, 6.07) is -1.07. The minimum absolute atomic E-state index is 0.0382. The molecule has 1 unspecified atom stereocenters. The zero-order valence-corrected chi connectivity index (χ0v) is 11.3. The van der Waals surface area contributed by atoms with Crippen molar-refractivity contribution in [1.82, 2.24) is 10.2 Å². The minimum Gasteiger partial charge on any atom is -0.377 e. The Labute approximate surface area is 108 Å². The van der Waals surface area contributed by atoms with Gasteiger partial charge in [0.2, 0.25) is 11.8 Å². The fourth-order valence-electron chi connectivity index (χ4n) is 1.85. The van der Waals surface area contributed by atoms with Crippen LogP contribution in [0.4, 0.5) is 0 Å². The number of nitrogens with zero attached hydrogens (tertiary/aromatic N) is 1. The Bertz CT molecular complexity index is 307. The molecule has 2 atom stereocenters. The number of hydrogen-bond acceptors (Lipinski definition) is 4. The summed E-state index contributed by atoms with van der Waals surface area (Å²) in [5, 5.41) is 2.80. The van der Waals surface area contributed by atoms with Crippen LogP contribution in [0.3, 0.4) is 0 Å². The van der Waals surface area contributed by atoms with Crippen LogP contribution < -0.4 is 11.1 Å². The average molecular weight is 257 g/mol. The van der Waals surface area contributed by atoms with Crippen molar-refractivity contribution in [2.75, 3.05) is 19.8 Å². The first-order valence-electron chi connectivity index (χ1n) is 6.41. The van der Waals surface area contributed by atoms with E-state index in [1.807, 2.05) is 20.8 Å². The lowest BCUT2D eigenvalue weighted by Crippen LogP contribution is -2.59. The molecule has 6 nitrogen and oxygen atoms in total. The van der Waals surface area contributed by atoms with Crippen molar-refractivity contribution >= 4 is 11.8 Å². The molecule has 1 heterocycles. The Morgan fingerprint density at radius 3 is 2.72 bits per heavy atom. The van der Waals surface area contributed by atoms with E-state index in [0.29, 0.717) is 19.6 Å². The molecule has 6 heteroatoms. The predicted molar refractivity (Wildman–Crippen MR) is 67.9 cm³/mol. The van der Waals surface area contributed by atoms with Gasteiger partial charge in [0.15, 0.2) is 0 Å². The van der Waals surface area contributed by atoms with E-state index in [1.54, 1.807) is 0 Å². The molecule has 1 rings (SSSR count). The van der Waals surface area contributed by atoms with E-state index in [-0.39, 0.29) is 24.5 Å². The highest BCUT2D eigenvalue weighted by Gasteiger charge is 2.34. The summed E-state index contributed by atoms with van der Waals surface area (Å²) in [4.78, 5) is 25.6. The van der Waals surface area contributed by atoms with Crippen molar-refractivity contribution in [2.24, 2.45) is 5.73 Å². The van der Waals surface area contributed by atoms with Crippen LogP contribution in [0.2, 0.25) is 0 Å². The van der Waals surface area contributed by atoms with E-state index < -0.39 is 12.1 Å². The molecule has 1 saturated heterocycles. The van der Waals surface area contributed by atoms with E-state index in [2.05, 4.69) is 5.32 Å². The highest BCUT2D eigenvalue weighted by molar-refractivity contribution is 5.90. The van der Waals surface area contributed by atoms with Gasteiger partial charge in [0.1, 0.15) is 6.04 Å². The highest BCUT2D eigenvalue weighted by Crippen LogP contribution is 2.10. The molecular formula is C12H23N3O3. The topological polar surface area (TPSA) is 84.7 Å². The smallest absolute Gasteiger partial charge is 0.245 e. The van der Waals surface area contributed by atoms with Gasteiger partial charge < -0.3 is 20.7 Å². The third kappa shape index (κ3) is 3.68. The highest BCUT2D eigenvalue weighted by atomic mass is 16.5. The van der Waals surface area contributed by atoms with E-state index in [0.717, 1.165) is 0 Å². The van der Waals surface area contributed by atoms with Gasteiger partial charge in [0, 0.05) is 12.6 Å². The van der Waals surface area contributed by atoms with Crippen molar-refractivity contribution in [1.29, 1.82) is 0 Å².